The van der Waals surface area contributed by atoms with Crippen LogP contribution in [0.3, 0.4) is 0 Å². The maximum atomic E-state index is 12.1. The van der Waals surface area contributed by atoms with Gasteiger partial charge in [-0.3, -0.25) is 9.59 Å². The zero-order valence-electron chi connectivity index (χ0n) is 11.0. The van der Waals surface area contributed by atoms with Gasteiger partial charge in [0.25, 0.3) is 5.91 Å². The van der Waals surface area contributed by atoms with Gasteiger partial charge in [0.15, 0.2) is 11.2 Å². The van der Waals surface area contributed by atoms with E-state index in [0.29, 0.717) is 23.4 Å². The summed E-state index contributed by atoms with van der Waals surface area (Å²) in [5.41, 5.74) is 5.86. The Morgan fingerprint density at radius 2 is 2.15 bits per heavy atom. The van der Waals surface area contributed by atoms with Crippen LogP contribution in [0.15, 0.2) is 39.5 Å². The molecule has 0 radical (unpaired) electrons. The van der Waals surface area contributed by atoms with Crippen molar-refractivity contribution >= 4 is 16.9 Å². The highest BCUT2D eigenvalue weighted by Crippen LogP contribution is 2.32. The topological polar surface area (TPSA) is 85.3 Å². The van der Waals surface area contributed by atoms with Gasteiger partial charge >= 0.3 is 0 Å². The predicted octanol–water partition coefficient (Wildman–Crippen LogP) is 1.26. The molecule has 1 atom stereocenters. The molecule has 1 aliphatic rings. The van der Waals surface area contributed by atoms with E-state index in [1.807, 2.05) is 0 Å². The second-order valence-electron chi connectivity index (χ2n) is 5.12. The van der Waals surface area contributed by atoms with E-state index in [9.17, 15) is 9.59 Å². The van der Waals surface area contributed by atoms with E-state index in [2.05, 4.69) is 5.32 Å². The summed E-state index contributed by atoms with van der Waals surface area (Å²) in [6, 6.07) is 8.07. The first-order valence-corrected chi connectivity index (χ1v) is 6.73. The maximum Gasteiger partial charge on any atom is 0.287 e. The van der Waals surface area contributed by atoms with E-state index in [0.717, 1.165) is 12.8 Å². The van der Waals surface area contributed by atoms with Crippen LogP contribution in [0, 0.1) is 5.92 Å². The molecule has 1 aliphatic carbocycles. The first-order valence-electron chi connectivity index (χ1n) is 6.73. The van der Waals surface area contributed by atoms with Crippen LogP contribution in [0.4, 0.5) is 0 Å². The van der Waals surface area contributed by atoms with Gasteiger partial charge in [-0.15, -0.1) is 0 Å². The third-order valence-corrected chi connectivity index (χ3v) is 3.62. The minimum atomic E-state index is -0.379. The summed E-state index contributed by atoms with van der Waals surface area (Å²) in [6.45, 7) is 0.397. The smallest absolute Gasteiger partial charge is 0.287 e. The summed E-state index contributed by atoms with van der Waals surface area (Å²) >= 11 is 0. The number of nitrogens with one attached hydrogen (secondary N) is 1. The van der Waals surface area contributed by atoms with Gasteiger partial charge in [0, 0.05) is 18.7 Å². The third-order valence-electron chi connectivity index (χ3n) is 3.62. The maximum absolute atomic E-state index is 12.1. The molecule has 1 heterocycles. The van der Waals surface area contributed by atoms with Crippen molar-refractivity contribution in [2.75, 3.05) is 6.54 Å². The molecule has 20 heavy (non-hydrogen) atoms. The Kier molecular flexibility index (Phi) is 3.28. The normalized spacial score (nSPS) is 16.1. The first-order chi connectivity index (χ1) is 9.69. The van der Waals surface area contributed by atoms with Gasteiger partial charge in [0.05, 0.1) is 5.39 Å². The molecule has 1 aromatic carbocycles. The van der Waals surface area contributed by atoms with Gasteiger partial charge in [-0.2, -0.15) is 0 Å². The fraction of sp³-hybridized carbons (Fsp3) is 0.333. The van der Waals surface area contributed by atoms with Crippen molar-refractivity contribution < 1.29 is 9.21 Å². The van der Waals surface area contributed by atoms with Crippen LogP contribution in [-0.4, -0.2) is 18.5 Å². The minimum absolute atomic E-state index is 0.0350. The lowest BCUT2D eigenvalue weighted by molar-refractivity contribution is 0.0906. The quantitative estimate of drug-likeness (QED) is 0.877. The first kappa shape index (κ1) is 12.9. The Labute approximate surface area is 115 Å². The van der Waals surface area contributed by atoms with E-state index in [4.69, 9.17) is 10.2 Å². The molecular weight excluding hydrogens is 256 g/mol. The van der Waals surface area contributed by atoms with Gasteiger partial charge in [0.1, 0.15) is 5.58 Å². The SMILES string of the molecule is NCC(NC(=O)c1cc(=O)c2ccccc2o1)C1CC1. The summed E-state index contributed by atoms with van der Waals surface area (Å²) < 4.78 is 5.50. The van der Waals surface area contributed by atoms with Crippen LogP contribution < -0.4 is 16.5 Å². The molecule has 1 unspecified atom stereocenters. The zero-order chi connectivity index (χ0) is 14.1. The highest BCUT2D eigenvalue weighted by atomic mass is 16.3. The van der Waals surface area contributed by atoms with Crippen molar-refractivity contribution in [2.45, 2.75) is 18.9 Å². The van der Waals surface area contributed by atoms with Crippen LogP contribution in [0.2, 0.25) is 0 Å². The van der Waals surface area contributed by atoms with Gasteiger partial charge in [-0.1, -0.05) is 12.1 Å². The zero-order valence-corrected chi connectivity index (χ0v) is 11.0. The molecule has 2 aromatic rings. The van der Waals surface area contributed by atoms with E-state index in [1.54, 1.807) is 24.3 Å². The lowest BCUT2D eigenvalue weighted by atomic mass is 10.1. The highest BCUT2D eigenvalue weighted by molar-refractivity contribution is 5.93. The fourth-order valence-electron chi connectivity index (χ4n) is 2.32. The number of carbonyl (C=O) groups is 1. The van der Waals surface area contributed by atoms with Crippen LogP contribution in [0.1, 0.15) is 23.4 Å². The van der Waals surface area contributed by atoms with Crippen molar-refractivity contribution in [3.63, 3.8) is 0 Å². The third kappa shape index (κ3) is 2.44. The molecule has 1 aromatic heterocycles. The number of amides is 1. The molecule has 0 aliphatic heterocycles. The Morgan fingerprint density at radius 3 is 2.85 bits per heavy atom. The minimum Gasteiger partial charge on any atom is -0.451 e. The molecule has 104 valence electrons. The number of carbonyl (C=O) groups excluding carboxylic acids is 1. The number of fused-ring (bicyclic) bond motifs is 1. The molecule has 5 heteroatoms. The Hall–Kier alpha value is -2.14. The van der Waals surface area contributed by atoms with Crippen LogP contribution >= 0.6 is 0 Å². The summed E-state index contributed by atoms with van der Waals surface area (Å²) in [5, 5.41) is 3.31. The monoisotopic (exact) mass is 272 g/mol. The van der Waals surface area contributed by atoms with Crippen molar-refractivity contribution in [3.8, 4) is 0 Å². The van der Waals surface area contributed by atoms with Crippen LogP contribution in [0.25, 0.3) is 11.0 Å². The molecular formula is C15H16N2O3. The largest absolute Gasteiger partial charge is 0.451 e. The second-order valence-corrected chi connectivity index (χ2v) is 5.12. The van der Waals surface area contributed by atoms with Crippen LogP contribution in [-0.2, 0) is 0 Å². The molecule has 3 rings (SSSR count). The molecule has 5 nitrogen and oxygen atoms in total. The van der Waals surface area contributed by atoms with Crippen molar-refractivity contribution in [2.24, 2.45) is 11.7 Å². The molecule has 1 amide bonds. The predicted molar refractivity (Wildman–Crippen MR) is 75.5 cm³/mol. The van der Waals surface area contributed by atoms with Crippen molar-refractivity contribution in [1.29, 1.82) is 0 Å². The summed E-state index contributed by atoms with van der Waals surface area (Å²) in [4.78, 5) is 24.1. The number of rotatable bonds is 4. The Bertz CT molecular complexity index is 704. The molecule has 0 saturated heterocycles. The number of benzene rings is 1. The van der Waals surface area contributed by atoms with Crippen molar-refractivity contribution in [1.82, 2.24) is 5.32 Å². The Balaban J connectivity index is 1.89. The van der Waals surface area contributed by atoms with Gasteiger partial charge in [-0.05, 0) is 30.9 Å². The average molecular weight is 272 g/mol. The fourth-order valence-corrected chi connectivity index (χ4v) is 2.32. The van der Waals surface area contributed by atoms with Crippen molar-refractivity contribution in [3.05, 3.63) is 46.3 Å². The lowest BCUT2D eigenvalue weighted by Crippen LogP contribution is -2.41. The molecule has 0 bridgehead atoms. The van der Waals surface area contributed by atoms with Gasteiger partial charge in [0.2, 0.25) is 0 Å². The summed E-state index contributed by atoms with van der Waals surface area (Å²) in [6.07, 6.45) is 2.17. The average Bonchev–Trinajstić information content (AvgIpc) is 3.29. The standard InChI is InChI=1S/C15H16N2O3/c16-8-11(9-5-6-9)17-15(19)14-7-12(18)10-3-1-2-4-13(10)20-14/h1-4,7,9,11H,5-6,8,16H2,(H,17,19). The van der Waals surface area contributed by atoms with E-state index < -0.39 is 0 Å². The van der Waals surface area contributed by atoms with Gasteiger partial charge < -0.3 is 15.5 Å². The molecule has 3 N–H and O–H groups in total. The molecule has 1 fully saturated rings. The van der Waals surface area contributed by atoms with Gasteiger partial charge in [-0.25, -0.2) is 0 Å². The Morgan fingerprint density at radius 1 is 1.40 bits per heavy atom. The summed E-state index contributed by atoms with van der Waals surface area (Å²) in [5.74, 6) is 0.110. The number of para-hydroxylation sites is 1. The number of nitrogens with two attached hydrogens (primary N) is 1. The number of hydrogen-bond acceptors (Lipinski definition) is 4. The molecule has 0 spiro atoms. The van der Waals surface area contributed by atoms with E-state index >= 15 is 0 Å². The second kappa shape index (κ2) is 5.09. The summed E-state index contributed by atoms with van der Waals surface area (Å²) in [7, 11) is 0. The highest BCUT2D eigenvalue weighted by Gasteiger charge is 2.31. The van der Waals surface area contributed by atoms with E-state index in [-0.39, 0.29) is 23.1 Å². The molecule has 1 saturated carbocycles. The van der Waals surface area contributed by atoms with Crippen LogP contribution in [0.5, 0.6) is 0 Å². The number of hydrogen-bond donors (Lipinski definition) is 2. The van der Waals surface area contributed by atoms with E-state index in [1.165, 1.54) is 6.07 Å². The lowest BCUT2D eigenvalue weighted by Gasteiger charge is -2.15.